The molecule has 0 aliphatic carbocycles. The van der Waals surface area contributed by atoms with E-state index in [1.807, 2.05) is 12.1 Å². The molecule has 0 spiro atoms. The van der Waals surface area contributed by atoms with Crippen LogP contribution < -0.4 is 5.73 Å². The number of rotatable bonds is 8. The third-order valence-electron chi connectivity index (χ3n) is 3.11. The van der Waals surface area contributed by atoms with E-state index >= 15 is 0 Å². The van der Waals surface area contributed by atoms with Crippen LogP contribution in [0.3, 0.4) is 0 Å². The second-order valence-corrected chi connectivity index (χ2v) is 5.86. The highest BCUT2D eigenvalue weighted by atomic mass is 32.2. The van der Waals surface area contributed by atoms with Crippen molar-refractivity contribution in [1.29, 1.82) is 0 Å². The molecule has 0 radical (unpaired) electrons. The van der Waals surface area contributed by atoms with E-state index in [1.165, 1.54) is 10.5 Å². The summed E-state index contributed by atoms with van der Waals surface area (Å²) >= 11 is 1.70. The maximum absolute atomic E-state index is 6.02. The van der Waals surface area contributed by atoms with Crippen molar-refractivity contribution in [3.63, 3.8) is 0 Å². The lowest BCUT2D eigenvalue weighted by Gasteiger charge is -2.05. The van der Waals surface area contributed by atoms with Crippen molar-refractivity contribution in [2.24, 2.45) is 5.73 Å². The van der Waals surface area contributed by atoms with E-state index in [0.717, 1.165) is 12.8 Å². The van der Waals surface area contributed by atoms with Crippen LogP contribution >= 0.6 is 11.8 Å². The molecule has 1 aromatic carbocycles. The Morgan fingerprint density at radius 1 is 1.38 bits per heavy atom. The average Bonchev–Trinajstić information content (AvgIpc) is 2.95. The smallest absolute Gasteiger partial charge is 0.243 e. The van der Waals surface area contributed by atoms with Gasteiger partial charge in [-0.1, -0.05) is 23.4 Å². The van der Waals surface area contributed by atoms with Crippen LogP contribution in [0.2, 0.25) is 0 Å². The number of nitrogens with two attached hydrogens (primary N) is 1. The molecule has 1 aromatic heterocycles. The molecular weight excluding hydrogens is 286 g/mol. The largest absolute Gasteiger partial charge is 0.385 e. The van der Waals surface area contributed by atoms with Gasteiger partial charge in [0.25, 0.3) is 0 Å². The monoisotopic (exact) mass is 307 g/mol. The van der Waals surface area contributed by atoms with Crippen LogP contribution in [0.15, 0.2) is 33.7 Å². The van der Waals surface area contributed by atoms with Crippen molar-refractivity contribution in [1.82, 2.24) is 10.1 Å². The van der Waals surface area contributed by atoms with Crippen molar-refractivity contribution in [3.8, 4) is 0 Å². The van der Waals surface area contributed by atoms with Gasteiger partial charge in [-0.25, -0.2) is 0 Å². The molecule has 0 saturated heterocycles. The Morgan fingerprint density at radius 2 is 2.19 bits per heavy atom. The molecule has 0 saturated carbocycles. The van der Waals surface area contributed by atoms with Gasteiger partial charge in [0, 0.05) is 18.6 Å². The topological polar surface area (TPSA) is 74.2 Å². The molecule has 6 heteroatoms. The highest BCUT2D eigenvalue weighted by molar-refractivity contribution is 7.98. The summed E-state index contributed by atoms with van der Waals surface area (Å²) in [4.78, 5) is 5.60. The van der Waals surface area contributed by atoms with Crippen molar-refractivity contribution in [2.75, 3.05) is 13.7 Å². The zero-order valence-electron chi connectivity index (χ0n) is 12.4. The normalized spacial score (nSPS) is 12.5. The molecule has 0 aliphatic heterocycles. The summed E-state index contributed by atoms with van der Waals surface area (Å²) < 4.78 is 10.2. The van der Waals surface area contributed by atoms with Crippen LogP contribution in [-0.4, -0.2) is 23.9 Å². The Labute approximate surface area is 129 Å². The molecule has 21 heavy (non-hydrogen) atoms. The number of methoxy groups -OCH3 is 1. The molecule has 2 N–H and O–H groups in total. The molecule has 0 bridgehead atoms. The zero-order chi connectivity index (χ0) is 15.1. The summed E-state index contributed by atoms with van der Waals surface area (Å²) in [6.07, 6.45) is 1.66. The molecular formula is C15H21N3O2S. The summed E-state index contributed by atoms with van der Waals surface area (Å²) in [7, 11) is 1.68. The van der Waals surface area contributed by atoms with Gasteiger partial charge in [0.05, 0.1) is 11.8 Å². The van der Waals surface area contributed by atoms with Gasteiger partial charge in [0.1, 0.15) is 0 Å². The minimum Gasteiger partial charge on any atom is -0.385 e. The van der Waals surface area contributed by atoms with Crippen LogP contribution in [0.4, 0.5) is 0 Å². The summed E-state index contributed by atoms with van der Waals surface area (Å²) in [6.45, 7) is 2.79. The molecule has 5 nitrogen and oxygen atoms in total. The Bertz CT molecular complexity index is 559. The predicted molar refractivity (Wildman–Crippen MR) is 83.1 cm³/mol. The van der Waals surface area contributed by atoms with Crippen molar-refractivity contribution < 1.29 is 9.26 Å². The van der Waals surface area contributed by atoms with Gasteiger partial charge in [-0.3, -0.25) is 0 Å². The van der Waals surface area contributed by atoms with Gasteiger partial charge >= 0.3 is 0 Å². The van der Waals surface area contributed by atoms with E-state index < -0.39 is 0 Å². The van der Waals surface area contributed by atoms with Crippen molar-refractivity contribution in [3.05, 3.63) is 41.5 Å². The number of nitrogens with zero attached hydrogens (tertiary/aromatic N) is 2. The van der Waals surface area contributed by atoms with E-state index in [9.17, 15) is 0 Å². The third kappa shape index (κ3) is 4.84. The van der Waals surface area contributed by atoms with Gasteiger partial charge in [0.15, 0.2) is 5.82 Å². The first-order chi connectivity index (χ1) is 10.2. The molecule has 0 aliphatic rings. The first-order valence-corrected chi connectivity index (χ1v) is 7.94. The van der Waals surface area contributed by atoms with Crippen molar-refractivity contribution >= 4 is 11.8 Å². The fourth-order valence-electron chi connectivity index (χ4n) is 1.91. The second kappa shape index (κ2) is 8.17. The number of benzene rings is 1. The highest BCUT2D eigenvalue weighted by Crippen LogP contribution is 2.25. The quantitative estimate of drug-likeness (QED) is 0.596. The lowest BCUT2D eigenvalue weighted by atomic mass is 10.2. The molecule has 1 atom stereocenters. The maximum Gasteiger partial charge on any atom is 0.243 e. The molecule has 114 valence electrons. The zero-order valence-corrected chi connectivity index (χ0v) is 13.2. The van der Waals surface area contributed by atoms with Gasteiger partial charge in [0.2, 0.25) is 5.89 Å². The molecule has 1 heterocycles. The second-order valence-electron chi connectivity index (χ2n) is 4.84. The van der Waals surface area contributed by atoms with Gasteiger partial charge in [-0.2, -0.15) is 4.98 Å². The lowest BCUT2D eigenvalue weighted by molar-refractivity contribution is 0.188. The highest BCUT2D eigenvalue weighted by Gasteiger charge is 2.14. The molecule has 0 amide bonds. The summed E-state index contributed by atoms with van der Waals surface area (Å²) in [5.41, 5.74) is 7.27. The van der Waals surface area contributed by atoms with Gasteiger partial charge < -0.3 is 15.0 Å². The predicted octanol–water partition coefficient (Wildman–Crippen LogP) is 3.10. The summed E-state index contributed by atoms with van der Waals surface area (Å²) in [6, 6.07) is 8.03. The van der Waals surface area contributed by atoms with Crippen LogP contribution in [0, 0.1) is 6.92 Å². The molecule has 0 fully saturated rings. The van der Waals surface area contributed by atoms with Gasteiger partial charge in [-0.05, 0) is 31.4 Å². The molecule has 2 aromatic rings. The summed E-state index contributed by atoms with van der Waals surface area (Å²) in [5, 5.41) is 3.99. The Kier molecular flexibility index (Phi) is 6.22. The number of aryl methyl sites for hydroxylation is 1. The molecule has 2 rings (SSSR count). The summed E-state index contributed by atoms with van der Waals surface area (Å²) in [5.74, 6) is 1.87. The number of hydrogen-bond donors (Lipinski definition) is 1. The SMILES string of the molecule is COCCCC(N)c1nc(CSc2ccccc2C)no1. The maximum atomic E-state index is 6.02. The Morgan fingerprint density at radius 3 is 2.95 bits per heavy atom. The Hall–Kier alpha value is -1.37. The Balaban J connectivity index is 1.87. The number of hydrogen-bond acceptors (Lipinski definition) is 6. The van der Waals surface area contributed by atoms with Crippen LogP contribution in [0.25, 0.3) is 0 Å². The minimum atomic E-state index is -0.218. The van der Waals surface area contributed by atoms with E-state index in [-0.39, 0.29) is 6.04 Å². The fraction of sp³-hybridized carbons (Fsp3) is 0.467. The minimum absolute atomic E-state index is 0.218. The van der Waals surface area contributed by atoms with E-state index in [4.69, 9.17) is 15.0 Å². The average molecular weight is 307 g/mol. The number of aromatic nitrogens is 2. The van der Waals surface area contributed by atoms with E-state index in [2.05, 4.69) is 29.2 Å². The molecule has 1 unspecified atom stereocenters. The van der Waals surface area contributed by atoms with Crippen LogP contribution in [0.1, 0.15) is 36.2 Å². The standard InChI is InChI=1S/C15H21N3O2S/c1-11-6-3-4-8-13(11)21-10-14-17-15(20-18-14)12(16)7-5-9-19-2/h3-4,6,8,12H,5,7,9-10,16H2,1-2H3. The van der Waals surface area contributed by atoms with E-state index in [0.29, 0.717) is 24.1 Å². The first-order valence-electron chi connectivity index (χ1n) is 6.96. The lowest BCUT2D eigenvalue weighted by Crippen LogP contribution is -2.11. The third-order valence-corrected chi connectivity index (χ3v) is 4.29. The number of thioether (sulfide) groups is 1. The van der Waals surface area contributed by atoms with E-state index in [1.54, 1.807) is 18.9 Å². The van der Waals surface area contributed by atoms with Crippen LogP contribution in [-0.2, 0) is 10.5 Å². The van der Waals surface area contributed by atoms with Gasteiger partial charge in [-0.15, -0.1) is 11.8 Å². The fourth-order valence-corrected chi connectivity index (χ4v) is 2.78. The van der Waals surface area contributed by atoms with Crippen molar-refractivity contribution in [2.45, 2.75) is 36.5 Å². The first kappa shape index (κ1) is 16.0. The number of ether oxygens (including phenoxy) is 1. The van der Waals surface area contributed by atoms with Crippen LogP contribution in [0.5, 0.6) is 0 Å².